The molecule has 1 atom stereocenters. The number of amides is 1. The molecule has 6 nitrogen and oxygen atoms in total. The highest BCUT2D eigenvalue weighted by atomic mass is 16.2. The maximum Gasteiger partial charge on any atom is 0.263 e. The van der Waals surface area contributed by atoms with Gasteiger partial charge in [-0.25, -0.2) is 15.4 Å². The number of aromatic nitrogens is 2. The van der Waals surface area contributed by atoms with Crippen LogP contribution in [0, 0.1) is 6.92 Å². The third kappa shape index (κ3) is 1.35. The molecule has 0 spiro atoms. The van der Waals surface area contributed by atoms with Crippen molar-refractivity contribution >= 4 is 11.6 Å². The number of nitrogens with zero attached hydrogens (tertiary/aromatic N) is 3. The minimum atomic E-state index is -0.732. The van der Waals surface area contributed by atoms with E-state index >= 15 is 0 Å². The van der Waals surface area contributed by atoms with Crippen molar-refractivity contribution in [3.8, 4) is 0 Å². The van der Waals surface area contributed by atoms with Crippen molar-refractivity contribution in [2.75, 3.05) is 0 Å². The Morgan fingerprint density at radius 2 is 2.29 bits per heavy atom. The number of nitrogens with one attached hydrogen (secondary N) is 1. The van der Waals surface area contributed by atoms with Gasteiger partial charge in [-0.1, -0.05) is 0 Å². The van der Waals surface area contributed by atoms with Crippen LogP contribution >= 0.6 is 0 Å². The normalized spacial score (nSPS) is 20.6. The summed E-state index contributed by atoms with van der Waals surface area (Å²) in [6.45, 7) is 1.83. The first-order chi connectivity index (χ1) is 6.68. The van der Waals surface area contributed by atoms with Gasteiger partial charge in [0.05, 0.1) is 5.69 Å². The van der Waals surface area contributed by atoms with Gasteiger partial charge in [0.1, 0.15) is 18.1 Å². The average molecular weight is 191 g/mol. The molecule has 6 heteroatoms. The molecular formula is C8H9N5O. The summed E-state index contributed by atoms with van der Waals surface area (Å²) in [5.41, 5.74) is 9.76. The van der Waals surface area contributed by atoms with Gasteiger partial charge in [-0.3, -0.25) is 4.79 Å². The Labute approximate surface area is 80.2 Å². The largest absolute Gasteiger partial charge is 0.315 e. The van der Waals surface area contributed by atoms with Crippen molar-refractivity contribution in [1.29, 1.82) is 0 Å². The minimum Gasteiger partial charge on any atom is -0.315 e. The quantitative estimate of drug-likeness (QED) is 0.592. The van der Waals surface area contributed by atoms with Crippen molar-refractivity contribution in [3.05, 3.63) is 23.8 Å². The summed E-state index contributed by atoms with van der Waals surface area (Å²) in [7, 11) is 0. The summed E-state index contributed by atoms with van der Waals surface area (Å²) >= 11 is 0. The van der Waals surface area contributed by atoms with Crippen LogP contribution in [0.4, 0.5) is 0 Å². The molecule has 0 aliphatic carbocycles. The highest BCUT2D eigenvalue weighted by molar-refractivity contribution is 6.18. The second kappa shape index (κ2) is 3.15. The van der Waals surface area contributed by atoms with Gasteiger partial charge in [0.2, 0.25) is 0 Å². The number of hydrogen-bond donors (Lipinski definition) is 2. The molecule has 1 aliphatic heterocycles. The second-order valence-corrected chi connectivity index (χ2v) is 3.00. The smallest absolute Gasteiger partial charge is 0.263 e. The van der Waals surface area contributed by atoms with Crippen LogP contribution in [0.3, 0.4) is 0 Å². The molecule has 2 heterocycles. The van der Waals surface area contributed by atoms with Gasteiger partial charge in [-0.2, -0.15) is 5.10 Å². The Balaban J connectivity index is 2.37. The Morgan fingerprint density at radius 1 is 1.50 bits per heavy atom. The molecule has 0 radical (unpaired) electrons. The van der Waals surface area contributed by atoms with Gasteiger partial charge < -0.3 is 5.73 Å². The molecular weight excluding hydrogens is 182 g/mol. The summed E-state index contributed by atoms with van der Waals surface area (Å²) in [6.07, 6.45) is 1.42. The van der Waals surface area contributed by atoms with E-state index in [0.29, 0.717) is 11.4 Å². The van der Waals surface area contributed by atoms with Gasteiger partial charge in [-0.05, 0) is 13.0 Å². The number of carbonyl (C=O) groups excluding carboxylic acids is 1. The summed E-state index contributed by atoms with van der Waals surface area (Å²) in [5.74, 6) is -0.309. The molecule has 1 amide bonds. The number of nitrogens with two attached hydrogens (primary N) is 1. The summed E-state index contributed by atoms with van der Waals surface area (Å²) < 4.78 is 0. The number of hydrazone groups is 1. The fourth-order valence-electron chi connectivity index (χ4n) is 1.19. The number of aryl methyl sites for hydroxylation is 1. The zero-order valence-electron chi connectivity index (χ0n) is 7.56. The van der Waals surface area contributed by atoms with Gasteiger partial charge >= 0.3 is 0 Å². The van der Waals surface area contributed by atoms with Crippen LogP contribution in [0.2, 0.25) is 0 Å². The molecule has 1 aromatic heterocycles. The van der Waals surface area contributed by atoms with E-state index < -0.39 is 6.04 Å². The summed E-state index contributed by atoms with van der Waals surface area (Å²) in [4.78, 5) is 19.0. The van der Waals surface area contributed by atoms with E-state index in [1.165, 1.54) is 6.33 Å². The van der Waals surface area contributed by atoms with Crippen molar-refractivity contribution in [3.63, 3.8) is 0 Å². The van der Waals surface area contributed by atoms with Crippen LogP contribution in [0.15, 0.2) is 17.5 Å². The van der Waals surface area contributed by atoms with Crippen molar-refractivity contribution in [2.45, 2.75) is 13.0 Å². The number of carbonyl (C=O) groups is 1. The maximum atomic E-state index is 11.0. The third-order valence-electron chi connectivity index (χ3n) is 1.93. The Bertz CT molecular complexity index is 414. The molecule has 1 unspecified atom stereocenters. The molecule has 0 bridgehead atoms. The van der Waals surface area contributed by atoms with E-state index in [4.69, 9.17) is 5.73 Å². The molecule has 0 saturated carbocycles. The van der Waals surface area contributed by atoms with Gasteiger partial charge in [0, 0.05) is 5.69 Å². The van der Waals surface area contributed by atoms with E-state index in [9.17, 15) is 4.79 Å². The number of hydrogen-bond acceptors (Lipinski definition) is 5. The van der Waals surface area contributed by atoms with Crippen LogP contribution in [0.25, 0.3) is 0 Å². The molecule has 0 saturated heterocycles. The zero-order chi connectivity index (χ0) is 10.1. The van der Waals surface area contributed by atoms with Gasteiger partial charge in [0.25, 0.3) is 5.91 Å². The molecule has 0 fully saturated rings. The molecule has 1 aromatic rings. The fraction of sp³-hybridized carbons (Fsp3) is 0.250. The molecule has 1 aliphatic rings. The van der Waals surface area contributed by atoms with E-state index in [-0.39, 0.29) is 5.91 Å². The first-order valence-electron chi connectivity index (χ1n) is 4.10. The molecule has 0 aromatic carbocycles. The minimum absolute atomic E-state index is 0.309. The van der Waals surface area contributed by atoms with Crippen molar-refractivity contribution < 1.29 is 4.79 Å². The topological polar surface area (TPSA) is 93.3 Å². The van der Waals surface area contributed by atoms with Crippen LogP contribution in [0.1, 0.15) is 11.4 Å². The van der Waals surface area contributed by atoms with Gasteiger partial charge in [0.15, 0.2) is 0 Å². The number of rotatable bonds is 1. The highest BCUT2D eigenvalue weighted by Crippen LogP contribution is 2.05. The first kappa shape index (κ1) is 8.76. The SMILES string of the molecule is Cc1cc(C2=NNC(=O)C2N)ncn1. The summed E-state index contributed by atoms with van der Waals surface area (Å²) in [6, 6.07) is 1.00. The van der Waals surface area contributed by atoms with E-state index in [1.54, 1.807) is 6.07 Å². The van der Waals surface area contributed by atoms with E-state index in [1.807, 2.05) is 6.92 Å². The summed E-state index contributed by atoms with van der Waals surface area (Å²) in [5, 5.41) is 3.81. The predicted molar refractivity (Wildman–Crippen MR) is 49.4 cm³/mol. The van der Waals surface area contributed by atoms with Gasteiger partial charge in [-0.15, -0.1) is 0 Å². The zero-order valence-corrected chi connectivity index (χ0v) is 7.56. The van der Waals surface area contributed by atoms with Crippen LogP contribution in [-0.4, -0.2) is 27.6 Å². The van der Waals surface area contributed by atoms with Crippen LogP contribution in [0.5, 0.6) is 0 Å². The lowest BCUT2D eigenvalue weighted by Gasteiger charge is -2.03. The fourth-order valence-corrected chi connectivity index (χ4v) is 1.19. The monoisotopic (exact) mass is 191 g/mol. The molecule has 2 rings (SSSR count). The van der Waals surface area contributed by atoms with E-state index in [0.717, 1.165) is 5.69 Å². The lowest BCUT2D eigenvalue weighted by atomic mass is 10.1. The van der Waals surface area contributed by atoms with Crippen molar-refractivity contribution in [1.82, 2.24) is 15.4 Å². The average Bonchev–Trinajstić information content (AvgIpc) is 2.48. The third-order valence-corrected chi connectivity index (χ3v) is 1.93. The Hall–Kier alpha value is -1.82. The highest BCUT2D eigenvalue weighted by Gasteiger charge is 2.27. The first-order valence-corrected chi connectivity index (χ1v) is 4.10. The molecule has 14 heavy (non-hydrogen) atoms. The lowest BCUT2D eigenvalue weighted by molar-refractivity contribution is -0.120. The Morgan fingerprint density at radius 3 is 2.86 bits per heavy atom. The standard InChI is InChI=1S/C8H9N5O/c1-4-2-5(11-3-10-4)7-6(9)8(14)13-12-7/h2-3,6H,9H2,1H3,(H,13,14). The molecule has 3 N–H and O–H groups in total. The predicted octanol–water partition coefficient (Wildman–Crippen LogP) is -1.05. The molecule has 72 valence electrons. The van der Waals surface area contributed by atoms with Crippen molar-refractivity contribution in [2.24, 2.45) is 10.8 Å². The van der Waals surface area contributed by atoms with E-state index in [2.05, 4.69) is 20.5 Å². The Kier molecular flexibility index (Phi) is 1.97. The lowest BCUT2D eigenvalue weighted by Crippen LogP contribution is -2.38. The maximum absolute atomic E-state index is 11.0. The van der Waals surface area contributed by atoms with Crippen LogP contribution in [-0.2, 0) is 4.79 Å². The second-order valence-electron chi connectivity index (χ2n) is 3.00. The van der Waals surface area contributed by atoms with Crippen LogP contribution < -0.4 is 11.2 Å².